The molecule has 0 aliphatic carbocycles. The molecule has 1 atom stereocenters. The minimum absolute atomic E-state index is 0.135. The molecule has 0 spiro atoms. The summed E-state index contributed by atoms with van der Waals surface area (Å²) < 4.78 is 27.4. The Balaban J connectivity index is 2.10. The van der Waals surface area contributed by atoms with E-state index in [2.05, 4.69) is 15.3 Å². The lowest BCUT2D eigenvalue weighted by Crippen LogP contribution is -2.28. The van der Waals surface area contributed by atoms with Crippen molar-refractivity contribution in [3.05, 3.63) is 63.8 Å². The van der Waals surface area contributed by atoms with Crippen LogP contribution in [0.1, 0.15) is 16.6 Å². The number of aliphatic imine (C=N–C) groups is 1. The molecule has 2 heterocycles. The second-order valence-corrected chi connectivity index (χ2v) is 5.30. The van der Waals surface area contributed by atoms with Gasteiger partial charge >= 0.3 is 5.97 Å². The quantitative estimate of drug-likeness (QED) is 0.911. The fraction of sp³-hybridized carbons (Fsp3) is 0.0714. The average molecular weight is 321 g/mol. The third kappa shape index (κ3) is 2.48. The van der Waals surface area contributed by atoms with Crippen LogP contribution in [0, 0.1) is 11.6 Å². The standard InChI is InChI=1S/C14H9F2N3O2S/c15-9-3-1-2-7(10(9)16)11-8(14(20)21)6-18-12(19-11)13-17-4-5-22-13/h1-6,11H,(H,18,19)(H,20,21). The minimum atomic E-state index is -1.26. The van der Waals surface area contributed by atoms with E-state index < -0.39 is 23.6 Å². The predicted octanol–water partition coefficient (Wildman–Crippen LogP) is 2.48. The smallest absolute Gasteiger partial charge is 0.335 e. The molecule has 1 aliphatic rings. The SMILES string of the molecule is O=C(O)C1=CNC(c2nccs2)=NC1c1cccc(F)c1F. The Bertz CT molecular complexity index is 787. The number of nitrogens with zero attached hydrogens (tertiary/aromatic N) is 2. The Labute approximate surface area is 127 Å². The van der Waals surface area contributed by atoms with Gasteiger partial charge in [0, 0.05) is 23.3 Å². The van der Waals surface area contributed by atoms with Crippen LogP contribution in [0.25, 0.3) is 0 Å². The highest BCUT2D eigenvalue weighted by atomic mass is 32.1. The molecule has 0 bridgehead atoms. The summed E-state index contributed by atoms with van der Waals surface area (Å²) in [7, 11) is 0. The van der Waals surface area contributed by atoms with Crippen molar-refractivity contribution in [3.63, 3.8) is 0 Å². The van der Waals surface area contributed by atoms with E-state index in [4.69, 9.17) is 0 Å². The molecule has 0 radical (unpaired) electrons. The van der Waals surface area contributed by atoms with Crippen LogP contribution in [0.3, 0.4) is 0 Å². The molecule has 1 aliphatic heterocycles. The number of carboxylic acid groups (broad SMARTS) is 1. The number of carbonyl (C=O) groups is 1. The van der Waals surface area contributed by atoms with Gasteiger partial charge in [0.2, 0.25) is 0 Å². The van der Waals surface area contributed by atoms with Gasteiger partial charge in [-0.05, 0) is 6.07 Å². The van der Waals surface area contributed by atoms with Crippen molar-refractivity contribution in [3.8, 4) is 0 Å². The number of carboxylic acids is 1. The van der Waals surface area contributed by atoms with Crippen LogP contribution < -0.4 is 5.32 Å². The first-order valence-electron chi connectivity index (χ1n) is 6.19. The maximum atomic E-state index is 14.0. The van der Waals surface area contributed by atoms with Crippen LogP contribution in [0.5, 0.6) is 0 Å². The largest absolute Gasteiger partial charge is 0.478 e. The van der Waals surface area contributed by atoms with E-state index in [0.29, 0.717) is 10.8 Å². The molecule has 8 heteroatoms. The van der Waals surface area contributed by atoms with E-state index in [0.717, 1.165) is 6.07 Å². The van der Waals surface area contributed by atoms with Gasteiger partial charge < -0.3 is 10.4 Å². The molecule has 0 amide bonds. The highest BCUT2D eigenvalue weighted by Crippen LogP contribution is 2.31. The monoisotopic (exact) mass is 321 g/mol. The van der Waals surface area contributed by atoms with Gasteiger partial charge in [0.1, 0.15) is 6.04 Å². The number of hydrogen-bond donors (Lipinski definition) is 2. The number of thiazole rings is 1. The number of nitrogens with one attached hydrogen (secondary N) is 1. The van der Waals surface area contributed by atoms with Gasteiger partial charge in [-0.25, -0.2) is 18.6 Å². The van der Waals surface area contributed by atoms with Crippen LogP contribution in [0.15, 0.2) is 46.5 Å². The first-order valence-corrected chi connectivity index (χ1v) is 7.07. The molecular formula is C14H9F2N3O2S. The van der Waals surface area contributed by atoms with Crippen molar-refractivity contribution in [2.75, 3.05) is 0 Å². The zero-order valence-corrected chi connectivity index (χ0v) is 11.8. The zero-order valence-electron chi connectivity index (χ0n) is 11.0. The lowest BCUT2D eigenvalue weighted by atomic mass is 9.98. The second-order valence-electron chi connectivity index (χ2n) is 4.41. The van der Waals surface area contributed by atoms with E-state index >= 15 is 0 Å². The maximum Gasteiger partial charge on any atom is 0.335 e. The average Bonchev–Trinajstić information content (AvgIpc) is 3.03. The maximum absolute atomic E-state index is 14.0. The lowest BCUT2D eigenvalue weighted by molar-refractivity contribution is -0.133. The molecule has 3 rings (SSSR count). The Hall–Kier alpha value is -2.61. The Morgan fingerprint density at radius 1 is 1.36 bits per heavy atom. The Morgan fingerprint density at radius 3 is 2.86 bits per heavy atom. The third-order valence-electron chi connectivity index (χ3n) is 3.08. The summed E-state index contributed by atoms with van der Waals surface area (Å²) in [5.41, 5.74) is -0.311. The summed E-state index contributed by atoms with van der Waals surface area (Å²) in [4.78, 5) is 19.6. The van der Waals surface area contributed by atoms with Gasteiger partial charge in [0.15, 0.2) is 22.5 Å². The van der Waals surface area contributed by atoms with E-state index in [1.54, 1.807) is 11.6 Å². The van der Waals surface area contributed by atoms with E-state index in [9.17, 15) is 18.7 Å². The van der Waals surface area contributed by atoms with Crippen LogP contribution in [-0.2, 0) is 4.79 Å². The number of hydrogen-bond acceptors (Lipinski definition) is 5. The molecule has 22 heavy (non-hydrogen) atoms. The third-order valence-corrected chi connectivity index (χ3v) is 3.85. The first kappa shape index (κ1) is 14.3. The lowest BCUT2D eigenvalue weighted by Gasteiger charge is -2.21. The van der Waals surface area contributed by atoms with Gasteiger partial charge in [-0.3, -0.25) is 4.99 Å². The number of benzene rings is 1. The van der Waals surface area contributed by atoms with Crippen LogP contribution in [0.2, 0.25) is 0 Å². The zero-order chi connectivity index (χ0) is 15.7. The highest BCUT2D eigenvalue weighted by molar-refractivity contribution is 7.11. The predicted molar refractivity (Wildman–Crippen MR) is 76.6 cm³/mol. The van der Waals surface area contributed by atoms with Crippen molar-refractivity contribution in [2.45, 2.75) is 6.04 Å². The summed E-state index contributed by atoms with van der Waals surface area (Å²) in [5, 5.41) is 14.2. The molecule has 0 saturated heterocycles. The number of aromatic nitrogens is 1. The summed E-state index contributed by atoms with van der Waals surface area (Å²) in [6, 6.07) is 2.45. The fourth-order valence-electron chi connectivity index (χ4n) is 2.07. The summed E-state index contributed by atoms with van der Waals surface area (Å²) >= 11 is 1.29. The Kier molecular flexibility index (Phi) is 3.68. The number of amidine groups is 1. The number of rotatable bonds is 3. The van der Waals surface area contributed by atoms with Crippen LogP contribution in [-0.4, -0.2) is 21.9 Å². The molecule has 1 aromatic heterocycles. The highest BCUT2D eigenvalue weighted by Gasteiger charge is 2.29. The van der Waals surface area contributed by atoms with Gasteiger partial charge in [-0.1, -0.05) is 12.1 Å². The van der Waals surface area contributed by atoms with Crippen molar-refractivity contribution < 1.29 is 18.7 Å². The summed E-state index contributed by atoms with van der Waals surface area (Å²) in [5.74, 6) is -3.10. The molecule has 112 valence electrons. The summed E-state index contributed by atoms with van der Waals surface area (Å²) in [6.07, 6.45) is 2.79. The van der Waals surface area contributed by atoms with Gasteiger partial charge in [0.25, 0.3) is 0 Å². The van der Waals surface area contributed by atoms with Crippen molar-refractivity contribution in [1.29, 1.82) is 0 Å². The number of aliphatic carboxylic acids is 1. The van der Waals surface area contributed by atoms with E-state index in [-0.39, 0.29) is 11.1 Å². The Morgan fingerprint density at radius 2 is 2.18 bits per heavy atom. The van der Waals surface area contributed by atoms with Gasteiger partial charge in [-0.15, -0.1) is 11.3 Å². The molecule has 1 unspecified atom stereocenters. The van der Waals surface area contributed by atoms with Gasteiger partial charge in [-0.2, -0.15) is 0 Å². The fourth-order valence-corrected chi connectivity index (χ4v) is 2.66. The topological polar surface area (TPSA) is 74.6 Å². The number of halogens is 2. The molecule has 2 aromatic rings. The second kappa shape index (κ2) is 5.64. The van der Waals surface area contributed by atoms with Crippen molar-refractivity contribution in [1.82, 2.24) is 10.3 Å². The molecular weight excluding hydrogens is 312 g/mol. The van der Waals surface area contributed by atoms with E-state index in [1.807, 2.05) is 0 Å². The molecule has 5 nitrogen and oxygen atoms in total. The summed E-state index contributed by atoms with van der Waals surface area (Å²) in [6.45, 7) is 0. The van der Waals surface area contributed by atoms with Crippen molar-refractivity contribution >= 4 is 23.1 Å². The molecule has 1 aromatic carbocycles. The van der Waals surface area contributed by atoms with Gasteiger partial charge in [0.05, 0.1) is 5.57 Å². The van der Waals surface area contributed by atoms with E-state index in [1.165, 1.54) is 29.7 Å². The van der Waals surface area contributed by atoms with Crippen LogP contribution in [0.4, 0.5) is 8.78 Å². The molecule has 0 fully saturated rings. The van der Waals surface area contributed by atoms with Crippen molar-refractivity contribution in [2.24, 2.45) is 4.99 Å². The van der Waals surface area contributed by atoms with Crippen LogP contribution >= 0.6 is 11.3 Å². The normalized spacial score (nSPS) is 17.5. The molecule has 2 N–H and O–H groups in total. The minimum Gasteiger partial charge on any atom is -0.478 e. The molecule has 0 saturated carbocycles. The first-order chi connectivity index (χ1) is 10.6.